The zero-order chi connectivity index (χ0) is 16.1. The van der Waals surface area contributed by atoms with Crippen molar-refractivity contribution in [2.45, 2.75) is 5.16 Å². The number of hydrogen-bond acceptors (Lipinski definition) is 6. The Bertz CT molecular complexity index is 789. The van der Waals surface area contributed by atoms with Crippen LogP contribution in [0.2, 0.25) is 0 Å². The molecule has 0 spiro atoms. The van der Waals surface area contributed by atoms with E-state index in [4.69, 9.17) is 0 Å². The van der Waals surface area contributed by atoms with Crippen molar-refractivity contribution in [1.29, 1.82) is 0 Å². The molecular formula is C15H13N5O2S. The Morgan fingerprint density at radius 2 is 1.87 bits per heavy atom. The number of tetrazole rings is 1. The molecule has 1 aromatic heterocycles. The summed E-state index contributed by atoms with van der Waals surface area (Å²) in [5, 5.41) is 24.0. The van der Waals surface area contributed by atoms with E-state index in [1.165, 1.54) is 23.9 Å². The van der Waals surface area contributed by atoms with Crippen LogP contribution in [0.5, 0.6) is 5.75 Å². The topological polar surface area (TPSA) is 92.9 Å². The number of nitrogens with one attached hydrogen (secondary N) is 1. The molecule has 23 heavy (non-hydrogen) atoms. The van der Waals surface area contributed by atoms with Crippen LogP contribution in [0.25, 0.3) is 5.69 Å². The lowest BCUT2D eigenvalue weighted by molar-refractivity contribution is -0.113. The number of hydrogen-bond donors (Lipinski definition) is 2. The largest absolute Gasteiger partial charge is 0.508 e. The Hall–Kier alpha value is -2.87. The number of anilines is 1. The average molecular weight is 327 g/mol. The van der Waals surface area contributed by atoms with E-state index in [2.05, 4.69) is 20.8 Å². The SMILES string of the molecule is O=C(CSc1nnnn1-c1ccccc1)Nc1ccc(O)cc1. The van der Waals surface area contributed by atoms with E-state index in [1.807, 2.05) is 30.3 Å². The molecule has 0 atom stereocenters. The Labute approximate surface area is 136 Å². The molecule has 0 bridgehead atoms. The minimum Gasteiger partial charge on any atom is -0.508 e. The molecular weight excluding hydrogens is 314 g/mol. The highest BCUT2D eigenvalue weighted by Crippen LogP contribution is 2.19. The molecule has 2 aromatic carbocycles. The number of rotatable bonds is 5. The van der Waals surface area contributed by atoms with Gasteiger partial charge in [-0.1, -0.05) is 30.0 Å². The molecule has 8 heteroatoms. The zero-order valence-electron chi connectivity index (χ0n) is 12.0. The highest BCUT2D eigenvalue weighted by molar-refractivity contribution is 7.99. The first-order chi connectivity index (χ1) is 11.2. The number of thioether (sulfide) groups is 1. The number of aromatic hydroxyl groups is 1. The number of aromatic nitrogens is 4. The molecule has 0 fully saturated rings. The van der Waals surface area contributed by atoms with Crippen LogP contribution < -0.4 is 5.32 Å². The van der Waals surface area contributed by atoms with Gasteiger partial charge in [0.15, 0.2) is 0 Å². The predicted octanol–water partition coefficient (Wildman–Crippen LogP) is 2.10. The molecule has 0 unspecified atom stereocenters. The monoisotopic (exact) mass is 327 g/mol. The summed E-state index contributed by atoms with van der Waals surface area (Å²) in [5.41, 5.74) is 1.45. The maximum atomic E-state index is 12.0. The van der Waals surface area contributed by atoms with Crippen molar-refractivity contribution in [2.75, 3.05) is 11.1 Å². The van der Waals surface area contributed by atoms with Crippen LogP contribution in [0.1, 0.15) is 0 Å². The Morgan fingerprint density at radius 1 is 1.13 bits per heavy atom. The smallest absolute Gasteiger partial charge is 0.234 e. The number of amides is 1. The van der Waals surface area contributed by atoms with Crippen LogP contribution in [0, 0.1) is 0 Å². The van der Waals surface area contributed by atoms with Crippen LogP contribution in [-0.2, 0) is 4.79 Å². The molecule has 0 saturated carbocycles. The van der Waals surface area contributed by atoms with Gasteiger partial charge in [0, 0.05) is 5.69 Å². The summed E-state index contributed by atoms with van der Waals surface area (Å²) in [6.45, 7) is 0. The van der Waals surface area contributed by atoms with Gasteiger partial charge in [-0.05, 0) is 46.8 Å². The van der Waals surface area contributed by atoms with E-state index in [9.17, 15) is 9.90 Å². The Balaban J connectivity index is 1.62. The van der Waals surface area contributed by atoms with E-state index < -0.39 is 0 Å². The second kappa shape index (κ2) is 6.93. The van der Waals surface area contributed by atoms with Crippen LogP contribution in [-0.4, -0.2) is 37.0 Å². The minimum atomic E-state index is -0.177. The van der Waals surface area contributed by atoms with Gasteiger partial charge in [0.2, 0.25) is 11.1 Å². The maximum absolute atomic E-state index is 12.0. The molecule has 1 amide bonds. The fraction of sp³-hybridized carbons (Fsp3) is 0.0667. The van der Waals surface area contributed by atoms with Gasteiger partial charge in [-0.15, -0.1) is 5.10 Å². The van der Waals surface area contributed by atoms with Crippen molar-refractivity contribution in [3.8, 4) is 11.4 Å². The lowest BCUT2D eigenvalue weighted by Gasteiger charge is -2.06. The summed E-state index contributed by atoms with van der Waals surface area (Å²) in [6.07, 6.45) is 0. The average Bonchev–Trinajstić information content (AvgIpc) is 3.04. The van der Waals surface area contributed by atoms with Crippen molar-refractivity contribution in [3.05, 3.63) is 54.6 Å². The van der Waals surface area contributed by atoms with Crippen molar-refractivity contribution < 1.29 is 9.90 Å². The zero-order valence-corrected chi connectivity index (χ0v) is 12.8. The molecule has 3 rings (SSSR count). The van der Waals surface area contributed by atoms with Crippen LogP contribution in [0.4, 0.5) is 5.69 Å². The molecule has 1 heterocycles. The second-order valence-corrected chi connectivity index (χ2v) is 5.54. The minimum absolute atomic E-state index is 0.152. The van der Waals surface area contributed by atoms with Crippen molar-refractivity contribution in [3.63, 3.8) is 0 Å². The molecule has 0 saturated heterocycles. The van der Waals surface area contributed by atoms with Crippen molar-refractivity contribution >= 4 is 23.4 Å². The van der Waals surface area contributed by atoms with Gasteiger partial charge in [-0.2, -0.15) is 4.68 Å². The Kier molecular flexibility index (Phi) is 4.53. The van der Waals surface area contributed by atoms with Crippen molar-refractivity contribution in [2.24, 2.45) is 0 Å². The van der Waals surface area contributed by atoms with E-state index >= 15 is 0 Å². The van der Waals surface area contributed by atoms with Gasteiger partial charge in [0.05, 0.1) is 11.4 Å². The van der Waals surface area contributed by atoms with Gasteiger partial charge < -0.3 is 10.4 Å². The third kappa shape index (κ3) is 3.86. The fourth-order valence-corrected chi connectivity index (χ4v) is 2.56. The molecule has 7 nitrogen and oxygen atoms in total. The molecule has 3 aromatic rings. The van der Waals surface area contributed by atoms with Crippen LogP contribution in [0.15, 0.2) is 59.8 Å². The summed E-state index contributed by atoms with van der Waals surface area (Å²) in [5.74, 6) is 0.149. The van der Waals surface area contributed by atoms with Gasteiger partial charge in [0.25, 0.3) is 0 Å². The van der Waals surface area contributed by atoms with Gasteiger partial charge in [-0.25, -0.2) is 0 Å². The molecule has 2 N–H and O–H groups in total. The second-order valence-electron chi connectivity index (χ2n) is 4.59. The third-order valence-electron chi connectivity index (χ3n) is 2.93. The quantitative estimate of drug-likeness (QED) is 0.551. The Morgan fingerprint density at radius 3 is 2.61 bits per heavy atom. The van der Waals surface area contributed by atoms with Gasteiger partial charge in [-0.3, -0.25) is 4.79 Å². The molecule has 0 aliphatic heterocycles. The number of phenolic OH excluding ortho intramolecular Hbond substituents is 1. The predicted molar refractivity (Wildman–Crippen MR) is 86.6 cm³/mol. The summed E-state index contributed by atoms with van der Waals surface area (Å²) in [6, 6.07) is 15.8. The first kappa shape index (κ1) is 15.0. The maximum Gasteiger partial charge on any atom is 0.234 e. The number of carbonyl (C=O) groups excluding carboxylic acids is 1. The normalized spacial score (nSPS) is 10.4. The van der Waals surface area contributed by atoms with Crippen LogP contribution >= 0.6 is 11.8 Å². The van der Waals surface area contributed by atoms with E-state index in [0.717, 1.165) is 5.69 Å². The van der Waals surface area contributed by atoms with Gasteiger partial charge in [0.1, 0.15) is 5.75 Å². The molecule has 0 radical (unpaired) electrons. The summed E-state index contributed by atoms with van der Waals surface area (Å²) in [4.78, 5) is 12.0. The molecule has 116 valence electrons. The first-order valence-electron chi connectivity index (χ1n) is 6.78. The van der Waals surface area contributed by atoms with E-state index in [-0.39, 0.29) is 17.4 Å². The highest BCUT2D eigenvalue weighted by Gasteiger charge is 2.11. The standard InChI is InChI=1S/C15H13N5O2S/c21-13-8-6-11(7-9-13)16-14(22)10-23-15-17-18-19-20(15)12-4-2-1-3-5-12/h1-9,21H,10H2,(H,16,22). The lowest BCUT2D eigenvalue weighted by atomic mass is 10.3. The fourth-order valence-electron chi connectivity index (χ4n) is 1.87. The summed E-state index contributed by atoms with van der Waals surface area (Å²) in [7, 11) is 0. The number of nitrogens with zero attached hydrogens (tertiary/aromatic N) is 4. The highest BCUT2D eigenvalue weighted by atomic mass is 32.2. The molecule has 0 aliphatic carbocycles. The van der Waals surface area contributed by atoms with Gasteiger partial charge >= 0.3 is 0 Å². The number of para-hydroxylation sites is 1. The van der Waals surface area contributed by atoms with Crippen molar-refractivity contribution in [1.82, 2.24) is 20.2 Å². The lowest BCUT2D eigenvalue weighted by Crippen LogP contribution is -2.14. The third-order valence-corrected chi connectivity index (χ3v) is 3.84. The van der Waals surface area contributed by atoms with E-state index in [1.54, 1.807) is 16.8 Å². The number of phenols is 1. The first-order valence-corrected chi connectivity index (χ1v) is 7.76. The van der Waals surface area contributed by atoms with Crippen LogP contribution in [0.3, 0.4) is 0 Å². The number of benzene rings is 2. The molecule has 0 aliphatic rings. The summed E-state index contributed by atoms with van der Waals surface area (Å²) >= 11 is 1.24. The number of carbonyl (C=O) groups is 1. The summed E-state index contributed by atoms with van der Waals surface area (Å²) < 4.78 is 1.58. The van der Waals surface area contributed by atoms with E-state index in [0.29, 0.717) is 10.8 Å².